The third-order valence-corrected chi connectivity index (χ3v) is 20.3. The van der Waals surface area contributed by atoms with E-state index in [0.717, 1.165) is 76.2 Å². The molecule has 64 heavy (non-hydrogen) atoms. The van der Waals surface area contributed by atoms with Crippen LogP contribution in [0.15, 0.2) is 41.0 Å². The molecule has 0 radical (unpaired) electrons. The number of benzene rings is 1. The molecule has 8 aliphatic carbocycles. The second kappa shape index (κ2) is 17.2. The topological polar surface area (TPSA) is 117 Å². The Labute approximate surface area is 382 Å². The predicted octanol–water partition coefficient (Wildman–Crippen LogP) is 9.49. The van der Waals surface area contributed by atoms with E-state index in [-0.39, 0.29) is 64.2 Å². The quantitative estimate of drug-likeness (QED) is 0.157. The molecular weight excluding hydrogens is 806 g/mol. The average molecular weight is 882 g/mol. The number of likely N-dealkylation sites (N-methyl/N-ethyl adjacent to an activating group) is 1. The number of aliphatic hydroxyl groups is 3. The molecule has 9 rings (SSSR count). The molecule has 0 amide bonds. The zero-order valence-electron chi connectivity index (χ0n) is 39.8. The summed E-state index contributed by atoms with van der Waals surface area (Å²) in [5.74, 6) is 8.18. The number of anilines is 1. The van der Waals surface area contributed by atoms with Crippen molar-refractivity contribution >= 4 is 17.4 Å². The highest BCUT2D eigenvalue weighted by atomic mass is 19.1. The van der Waals surface area contributed by atoms with Crippen molar-refractivity contribution in [3.05, 3.63) is 52.4 Å². The number of ketones is 1. The highest BCUT2D eigenvalue weighted by Crippen LogP contribution is 2.69. The van der Waals surface area contributed by atoms with Crippen LogP contribution in [-0.4, -0.2) is 78.3 Å². The van der Waals surface area contributed by atoms with Gasteiger partial charge in [0.1, 0.15) is 17.2 Å². The summed E-state index contributed by atoms with van der Waals surface area (Å²) in [6.07, 6.45) is 13.9. The van der Waals surface area contributed by atoms with E-state index >= 15 is 4.39 Å². The van der Waals surface area contributed by atoms with E-state index < -0.39 is 23.2 Å². The summed E-state index contributed by atoms with van der Waals surface area (Å²) in [6.45, 7) is 12.0. The third kappa shape index (κ3) is 7.37. The first-order valence-corrected chi connectivity index (χ1v) is 25.1. The lowest BCUT2D eigenvalue weighted by atomic mass is 9.43. The minimum atomic E-state index is -1.09. The number of hydrogen-bond donors (Lipinski definition) is 3. The van der Waals surface area contributed by atoms with Crippen LogP contribution in [0, 0.1) is 81.2 Å². The minimum Gasteiger partial charge on any atom is -0.469 e. The van der Waals surface area contributed by atoms with Crippen LogP contribution in [0.2, 0.25) is 0 Å². The van der Waals surface area contributed by atoms with Crippen molar-refractivity contribution in [1.29, 1.82) is 0 Å². The summed E-state index contributed by atoms with van der Waals surface area (Å²) in [5, 5.41) is 36.1. The molecule has 0 bridgehead atoms. The highest BCUT2D eigenvalue weighted by Gasteiger charge is 2.66. The Morgan fingerprint density at radius 3 is 2.58 bits per heavy atom. The van der Waals surface area contributed by atoms with Crippen molar-refractivity contribution < 1.29 is 38.8 Å². The molecule has 0 aromatic heterocycles. The van der Waals surface area contributed by atoms with Gasteiger partial charge in [0, 0.05) is 44.2 Å². The van der Waals surface area contributed by atoms with E-state index in [1.165, 1.54) is 23.8 Å². The molecule has 16 atom stereocenters. The maximum absolute atomic E-state index is 16.5. The lowest BCUT2D eigenvalue weighted by Crippen LogP contribution is -2.62. The molecule has 7 saturated carbocycles. The Balaban J connectivity index is 0.849. The predicted molar refractivity (Wildman–Crippen MR) is 246 cm³/mol. The Bertz CT molecular complexity index is 2120. The molecule has 3 N–H and O–H groups in total. The van der Waals surface area contributed by atoms with Crippen LogP contribution in [0.4, 0.5) is 10.1 Å². The SMILES string of the molecule is CC#C[C@]1(O)CCC2C3CC=C4CC(=O)CCC4=C3[C@@H](c3ccc(N(C)CCO[C@H]4CC[C@@]5(C)[C@@H](C4)C[C@@H](O)[C@@H]4[C@@H]5C[C@H](O)[C@]5(C)[C@@H]([C@H](C)CCC(=O)OC)CC[C@@H]45)c(F)c3)C[C@@]21C. The van der Waals surface area contributed by atoms with Crippen LogP contribution in [0.3, 0.4) is 0 Å². The van der Waals surface area contributed by atoms with Gasteiger partial charge in [-0.15, -0.1) is 5.92 Å². The van der Waals surface area contributed by atoms with Crippen molar-refractivity contribution in [3.8, 4) is 11.8 Å². The highest BCUT2D eigenvalue weighted by molar-refractivity contribution is 5.84. The number of carbonyl (C=O) groups is 2. The first-order valence-electron chi connectivity index (χ1n) is 25.1. The van der Waals surface area contributed by atoms with Crippen LogP contribution in [-0.2, 0) is 19.1 Å². The molecular formula is C55H76FNO7. The fraction of sp³-hybridized carbons (Fsp3) is 0.745. The lowest BCUT2D eigenvalue weighted by molar-refractivity contribution is -0.209. The molecule has 2 unspecified atom stereocenters. The largest absolute Gasteiger partial charge is 0.469 e. The summed E-state index contributed by atoms with van der Waals surface area (Å²) in [5.41, 5.74) is 3.56. The van der Waals surface area contributed by atoms with Crippen molar-refractivity contribution in [3.63, 3.8) is 0 Å². The van der Waals surface area contributed by atoms with Gasteiger partial charge in [0.05, 0.1) is 37.7 Å². The van der Waals surface area contributed by atoms with E-state index in [9.17, 15) is 24.9 Å². The van der Waals surface area contributed by atoms with Gasteiger partial charge < -0.3 is 29.7 Å². The van der Waals surface area contributed by atoms with Gasteiger partial charge in [-0.25, -0.2) is 4.39 Å². The number of fused-ring (bicyclic) bond motifs is 9. The van der Waals surface area contributed by atoms with Crippen LogP contribution < -0.4 is 4.90 Å². The minimum absolute atomic E-state index is 0.0273. The number of hydrogen-bond acceptors (Lipinski definition) is 8. The van der Waals surface area contributed by atoms with E-state index in [4.69, 9.17) is 9.47 Å². The molecule has 7 fully saturated rings. The number of aliphatic hydroxyl groups excluding tert-OH is 2. The van der Waals surface area contributed by atoms with Gasteiger partial charge in [-0.05, 0) is 177 Å². The van der Waals surface area contributed by atoms with Crippen molar-refractivity contribution in [2.45, 2.75) is 167 Å². The van der Waals surface area contributed by atoms with Gasteiger partial charge >= 0.3 is 5.97 Å². The van der Waals surface area contributed by atoms with Gasteiger partial charge in [0.25, 0.3) is 0 Å². The van der Waals surface area contributed by atoms with Crippen molar-refractivity contribution in [2.75, 3.05) is 32.2 Å². The zero-order chi connectivity index (χ0) is 45.5. The van der Waals surface area contributed by atoms with Gasteiger partial charge in [-0.2, -0.15) is 0 Å². The summed E-state index contributed by atoms with van der Waals surface area (Å²) in [4.78, 5) is 26.5. The Morgan fingerprint density at radius 1 is 1.03 bits per heavy atom. The molecule has 8 nitrogen and oxygen atoms in total. The summed E-state index contributed by atoms with van der Waals surface area (Å²) >= 11 is 0. The first-order chi connectivity index (χ1) is 30.5. The lowest BCUT2D eigenvalue weighted by Gasteiger charge is -2.63. The van der Waals surface area contributed by atoms with Crippen molar-refractivity contribution in [2.24, 2.45) is 63.6 Å². The van der Waals surface area contributed by atoms with E-state index in [1.807, 2.05) is 18.0 Å². The van der Waals surface area contributed by atoms with Crippen LogP contribution in [0.25, 0.3) is 0 Å². The second-order valence-corrected chi connectivity index (χ2v) is 22.9. The van der Waals surface area contributed by atoms with Gasteiger partial charge in [-0.3, -0.25) is 9.59 Å². The van der Waals surface area contributed by atoms with Gasteiger partial charge in [-0.1, -0.05) is 51.3 Å². The van der Waals surface area contributed by atoms with Crippen LogP contribution in [0.1, 0.15) is 149 Å². The normalized spacial score (nSPS) is 42.7. The van der Waals surface area contributed by atoms with Crippen LogP contribution >= 0.6 is 0 Å². The molecule has 0 heterocycles. The summed E-state index contributed by atoms with van der Waals surface area (Å²) in [7, 11) is 3.37. The number of Topliss-reactive ketones (excluding diaryl/α,β-unsaturated/α-hetero) is 1. The summed E-state index contributed by atoms with van der Waals surface area (Å²) in [6, 6.07) is 5.73. The number of esters is 1. The monoisotopic (exact) mass is 882 g/mol. The Kier molecular flexibility index (Phi) is 12.4. The van der Waals surface area contributed by atoms with Gasteiger partial charge in [0.15, 0.2) is 0 Å². The fourth-order valence-corrected chi connectivity index (χ4v) is 16.8. The van der Waals surface area contributed by atoms with Crippen molar-refractivity contribution in [1.82, 2.24) is 0 Å². The molecule has 1 aromatic carbocycles. The number of rotatable bonds is 10. The van der Waals surface area contributed by atoms with E-state index in [0.29, 0.717) is 74.5 Å². The van der Waals surface area contributed by atoms with Crippen LogP contribution in [0.5, 0.6) is 0 Å². The first kappa shape index (κ1) is 46.1. The molecule has 0 aliphatic heterocycles. The second-order valence-electron chi connectivity index (χ2n) is 22.9. The maximum atomic E-state index is 16.5. The average Bonchev–Trinajstić information content (AvgIpc) is 3.76. The maximum Gasteiger partial charge on any atom is 0.305 e. The number of methoxy groups -OCH3 is 1. The number of allylic oxidation sites excluding steroid dienone is 4. The molecule has 1 aromatic rings. The van der Waals surface area contributed by atoms with Gasteiger partial charge in [0.2, 0.25) is 0 Å². The number of halogens is 1. The molecule has 9 heteroatoms. The molecule has 0 spiro atoms. The van der Waals surface area contributed by atoms with E-state index in [1.54, 1.807) is 13.0 Å². The molecule has 8 aliphatic rings. The Morgan fingerprint density at radius 2 is 1.83 bits per heavy atom. The molecule has 350 valence electrons. The summed E-state index contributed by atoms with van der Waals surface area (Å²) < 4.78 is 28.0. The fourth-order valence-electron chi connectivity index (χ4n) is 16.8. The third-order valence-electron chi connectivity index (χ3n) is 20.3. The number of carbonyl (C=O) groups excluding carboxylic acids is 2. The number of nitrogens with zero attached hydrogens (tertiary/aromatic N) is 1. The standard InChI is InChI=1S/C55H76FNO7/c1-8-21-55(62)23-20-42-39-13-10-33-26-36(58)12-14-38(33)50(39)40(31-53(42,55)4)34-11-17-46(45(56)27-34)57(6)24-25-64-37-19-22-52(3)35(28-37)29-47(59)51-43-16-15-41(32(2)9-18-49(61)63-7)54(43,5)48(60)30-44(51)52/h10-11,17,27,32,35,37,39-44,47-48,51,59-60,62H,9,12-16,18-20,22-26,28-31H2,1-7H3/t32-,35+,37+,39?,40-,41-,42?,43+,44+,47-,48+,51+,52+,53+,54-,55+/m1/s1. The molecule has 0 saturated heterocycles. The Hall–Kier alpha value is -3.03. The van der Waals surface area contributed by atoms with E-state index in [2.05, 4.69) is 51.7 Å². The smallest absolute Gasteiger partial charge is 0.305 e. The number of ether oxygens (including phenoxy) is 2. The zero-order valence-corrected chi connectivity index (χ0v) is 39.8.